The number of halogens is 1. The number of amides is 1. The number of nitrogens with two attached hydrogens (primary N) is 1. The van der Waals surface area contributed by atoms with Crippen LogP contribution in [0, 0.1) is 5.82 Å². The Hall–Kier alpha value is -2.40. The molecule has 0 fully saturated rings. The molecule has 3 N–H and O–H groups in total. The normalized spacial score (nSPS) is 10.2. The molecule has 0 saturated carbocycles. The van der Waals surface area contributed by atoms with E-state index in [1.54, 1.807) is 0 Å². The first kappa shape index (κ1) is 13.0. The quantitative estimate of drug-likeness (QED) is 0.654. The number of anilines is 1. The molecule has 98 valence electrons. The lowest BCUT2D eigenvalue weighted by Crippen LogP contribution is -2.24. The number of carbonyl (C=O) groups excluding carboxylic acids is 1. The van der Waals surface area contributed by atoms with Crippen molar-refractivity contribution >= 4 is 11.6 Å². The van der Waals surface area contributed by atoms with Crippen LogP contribution in [-0.4, -0.2) is 5.91 Å². The van der Waals surface area contributed by atoms with Gasteiger partial charge in [-0.1, -0.05) is 30.3 Å². The molecule has 0 atom stereocenters. The first-order valence-corrected chi connectivity index (χ1v) is 5.68. The van der Waals surface area contributed by atoms with Gasteiger partial charge in [-0.05, 0) is 23.8 Å². The maximum Gasteiger partial charge on any atom is 0.277 e. The van der Waals surface area contributed by atoms with Gasteiger partial charge in [0.25, 0.3) is 5.91 Å². The number of nitrogens with one attached hydrogen (secondary N) is 1. The van der Waals surface area contributed by atoms with Gasteiger partial charge >= 0.3 is 0 Å². The van der Waals surface area contributed by atoms with E-state index in [1.165, 1.54) is 12.1 Å². The lowest BCUT2D eigenvalue weighted by molar-refractivity contribution is 0.0230. The van der Waals surface area contributed by atoms with E-state index in [1.807, 2.05) is 30.3 Å². The van der Waals surface area contributed by atoms with Gasteiger partial charge in [0.15, 0.2) is 0 Å². The van der Waals surface area contributed by atoms with E-state index in [-0.39, 0.29) is 17.9 Å². The fourth-order valence-corrected chi connectivity index (χ4v) is 1.53. The van der Waals surface area contributed by atoms with E-state index in [0.717, 1.165) is 11.6 Å². The van der Waals surface area contributed by atoms with Crippen molar-refractivity contribution in [3.8, 4) is 0 Å². The molecule has 2 rings (SSSR count). The molecule has 0 spiro atoms. The highest BCUT2D eigenvalue weighted by molar-refractivity contribution is 5.94. The van der Waals surface area contributed by atoms with Gasteiger partial charge in [0, 0.05) is 5.69 Å². The van der Waals surface area contributed by atoms with Crippen LogP contribution in [0.4, 0.5) is 10.1 Å². The molecule has 0 bridgehead atoms. The Labute approximate surface area is 110 Å². The van der Waals surface area contributed by atoms with Crippen LogP contribution >= 0.6 is 0 Å². The molecule has 0 heterocycles. The first-order chi connectivity index (χ1) is 9.16. The monoisotopic (exact) mass is 260 g/mol. The Morgan fingerprint density at radius 1 is 1.21 bits per heavy atom. The molecule has 4 nitrogen and oxygen atoms in total. The van der Waals surface area contributed by atoms with E-state index in [2.05, 4.69) is 5.48 Å². The molecule has 0 unspecified atom stereocenters. The van der Waals surface area contributed by atoms with E-state index >= 15 is 0 Å². The van der Waals surface area contributed by atoms with Crippen molar-refractivity contribution in [2.75, 3.05) is 5.73 Å². The largest absolute Gasteiger partial charge is 0.399 e. The van der Waals surface area contributed by atoms with Crippen LogP contribution in [0.5, 0.6) is 0 Å². The molecule has 0 aliphatic rings. The standard InChI is InChI=1S/C14H13FN2O2/c15-13-8-11(16)6-7-12(13)14(18)17-19-9-10-4-2-1-3-5-10/h1-8H,9,16H2,(H,17,18). The molecular weight excluding hydrogens is 247 g/mol. The van der Waals surface area contributed by atoms with Crippen LogP contribution in [0.2, 0.25) is 0 Å². The van der Waals surface area contributed by atoms with Crippen molar-refractivity contribution in [1.29, 1.82) is 0 Å². The second-order valence-corrected chi connectivity index (χ2v) is 3.94. The predicted octanol–water partition coefficient (Wildman–Crippen LogP) is 2.27. The number of carbonyl (C=O) groups is 1. The van der Waals surface area contributed by atoms with Crippen molar-refractivity contribution < 1.29 is 14.0 Å². The lowest BCUT2D eigenvalue weighted by Gasteiger charge is -2.07. The molecule has 2 aromatic rings. The summed E-state index contributed by atoms with van der Waals surface area (Å²) in [4.78, 5) is 16.7. The molecule has 0 saturated heterocycles. The van der Waals surface area contributed by atoms with Crippen LogP contribution in [0.3, 0.4) is 0 Å². The smallest absolute Gasteiger partial charge is 0.277 e. The molecule has 0 aromatic heterocycles. The third-order valence-electron chi connectivity index (χ3n) is 2.48. The minimum absolute atomic E-state index is 0.109. The SMILES string of the molecule is Nc1ccc(C(=O)NOCc2ccccc2)c(F)c1. The topological polar surface area (TPSA) is 64.4 Å². The third-order valence-corrected chi connectivity index (χ3v) is 2.48. The maximum absolute atomic E-state index is 13.5. The van der Waals surface area contributed by atoms with Crippen molar-refractivity contribution in [3.63, 3.8) is 0 Å². The average molecular weight is 260 g/mol. The fraction of sp³-hybridized carbons (Fsp3) is 0.0714. The second kappa shape index (κ2) is 5.97. The Morgan fingerprint density at radius 3 is 2.63 bits per heavy atom. The van der Waals surface area contributed by atoms with Gasteiger partial charge in [0.1, 0.15) is 5.82 Å². The zero-order valence-corrected chi connectivity index (χ0v) is 10.1. The minimum atomic E-state index is -0.680. The number of hydrogen-bond donors (Lipinski definition) is 2. The van der Waals surface area contributed by atoms with Crippen molar-refractivity contribution in [2.24, 2.45) is 0 Å². The Kier molecular flexibility index (Phi) is 4.10. The Morgan fingerprint density at radius 2 is 1.95 bits per heavy atom. The maximum atomic E-state index is 13.5. The van der Waals surface area contributed by atoms with Crippen molar-refractivity contribution in [3.05, 3.63) is 65.5 Å². The average Bonchev–Trinajstić information content (AvgIpc) is 2.39. The summed E-state index contributed by atoms with van der Waals surface area (Å²) < 4.78 is 13.5. The Balaban J connectivity index is 1.91. The van der Waals surface area contributed by atoms with Crippen LogP contribution in [0.25, 0.3) is 0 Å². The van der Waals surface area contributed by atoms with Crippen molar-refractivity contribution in [1.82, 2.24) is 5.48 Å². The van der Waals surface area contributed by atoms with E-state index in [4.69, 9.17) is 10.6 Å². The number of hydrogen-bond acceptors (Lipinski definition) is 3. The predicted molar refractivity (Wildman–Crippen MR) is 69.5 cm³/mol. The summed E-state index contributed by atoms with van der Waals surface area (Å²) in [6, 6.07) is 13.2. The van der Waals surface area contributed by atoms with E-state index < -0.39 is 11.7 Å². The molecular formula is C14H13FN2O2. The molecule has 0 aliphatic heterocycles. The number of hydroxylamine groups is 1. The summed E-state index contributed by atoms with van der Waals surface area (Å²) in [6.45, 7) is 0.211. The molecule has 0 aliphatic carbocycles. The summed E-state index contributed by atoms with van der Waals surface area (Å²) in [6.07, 6.45) is 0. The summed E-state index contributed by atoms with van der Waals surface area (Å²) in [5.74, 6) is -1.32. The number of nitrogen functional groups attached to an aromatic ring is 1. The Bertz CT molecular complexity index is 573. The summed E-state index contributed by atoms with van der Waals surface area (Å²) in [7, 11) is 0. The number of benzene rings is 2. The molecule has 5 heteroatoms. The van der Waals surface area contributed by atoms with Gasteiger partial charge in [-0.15, -0.1) is 0 Å². The third kappa shape index (κ3) is 3.53. The zero-order valence-electron chi connectivity index (χ0n) is 10.1. The van der Waals surface area contributed by atoms with Crippen LogP contribution < -0.4 is 11.2 Å². The number of rotatable bonds is 4. The van der Waals surface area contributed by atoms with Gasteiger partial charge in [-0.2, -0.15) is 0 Å². The van der Waals surface area contributed by atoms with E-state index in [0.29, 0.717) is 0 Å². The van der Waals surface area contributed by atoms with E-state index in [9.17, 15) is 9.18 Å². The van der Waals surface area contributed by atoms with Crippen LogP contribution in [-0.2, 0) is 11.4 Å². The molecule has 0 radical (unpaired) electrons. The highest BCUT2D eigenvalue weighted by atomic mass is 19.1. The molecule has 1 amide bonds. The van der Waals surface area contributed by atoms with Gasteiger partial charge in [-0.25, -0.2) is 9.87 Å². The fourth-order valence-electron chi connectivity index (χ4n) is 1.53. The highest BCUT2D eigenvalue weighted by Crippen LogP contribution is 2.11. The lowest BCUT2D eigenvalue weighted by atomic mass is 10.2. The molecule has 2 aromatic carbocycles. The highest BCUT2D eigenvalue weighted by Gasteiger charge is 2.11. The second-order valence-electron chi connectivity index (χ2n) is 3.94. The van der Waals surface area contributed by atoms with Gasteiger partial charge in [-0.3, -0.25) is 9.63 Å². The summed E-state index contributed by atoms with van der Waals surface area (Å²) in [5, 5.41) is 0. The van der Waals surface area contributed by atoms with Crippen LogP contribution in [0.1, 0.15) is 15.9 Å². The zero-order chi connectivity index (χ0) is 13.7. The minimum Gasteiger partial charge on any atom is -0.399 e. The summed E-state index contributed by atoms with van der Waals surface area (Å²) in [5.41, 5.74) is 8.65. The van der Waals surface area contributed by atoms with Gasteiger partial charge in [0.2, 0.25) is 0 Å². The van der Waals surface area contributed by atoms with Crippen LogP contribution in [0.15, 0.2) is 48.5 Å². The van der Waals surface area contributed by atoms with Gasteiger partial charge in [0.05, 0.1) is 12.2 Å². The van der Waals surface area contributed by atoms with Crippen molar-refractivity contribution in [2.45, 2.75) is 6.61 Å². The van der Waals surface area contributed by atoms with Gasteiger partial charge < -0.3 is 5.73 Å². The first-order valence-electron chi connectivity index (χ1n) is 5.68. The molecule has 19 heavy (non-hydrogen) atoms. The summed E-state index contributed by atoms with van der Waals surface area (Å²) >= 11 is 0.